The summed E-state index contributed by atoms with van der Waals surface area (Å²) >= 11 is 0. The van der Waals surface area contributed by atoms with Gasteiger partial charge in [-0.15, -0.1) is 0 Å². The fourth-order valence-corrected chi connectivity index (χ4v) is 3.41. The Morgan fingerprint density at radius 3 is 2.44 bits per heavy atom. The maximum Gasteiger partial charge on any atom is 0.215 e. The van der Waals surface area contributed by atoms with Crippen molar-refractivity contribution in [2.24, 2.45) is 5.92 Å². The monoisotopic (exact) mass is 248 g/mol. The summed E-state index contributed by atoms with van der Waals surface area (Å²) in [5.41, 5.74) is 0. The molecule has 1 aliphatic rings. The molecule has 1 rings (SSSR count). The SMILES string of the molecule is CCNCCS(=O)(=O)N(CC1CC1)C(C)C. The van der Waals surface area contributed by atoms with Crippen molar-refractivity contribution < 1.29 is 8.42 Å². The number of sulfonamides is 1. The van der Waals surface area contributed by atoms with Gasteiger partial charge in [0, 0.05) is 19.1 Å². The molecule has 0 radical (unpaired) electrons. The predicted octanol–water partition coefficient (Wildman–Crippen LogP) is 1.05. The van der Waals surface area contributed by atoms with Crippen molar-refractivity contribution >= 4 is 10.0 Å². The predicted molar refractivity (Wildman–Crippen MR) is 66.9 cm³/mol. The summed E-state index contributed by atoms with van der Waals surface area (Å²) in [5.74, 6) is 0.822. The largest absolute Gasteiger partial charge is 0.316 e. The molecule has 96 valence electrons. The van der Waals surface area contributed by atoms with Crippen molar-refractivity contribution in [3.63, 3.8) is 0 Å². The van der Waals surface area contributed by atoms with Crippen LogP contribution in [0.15, 0.2) is 0 Å². The van der Waals surface area contributed by atoms with Gasteiger partial charge in [-0.3, -0.25) is 0 Å². The molecule has 0 atom stereocenters. The third-order valence-electron chi connectivity index (χ3n) is 2.86. The molecule has 5 heteroatoms. The molecule has 0 bridgehead atoms. The van der Waals surface area contributed by atoms with Gasteiger partial charge in [-0.25, -0.2) is 8.42 Å². The Morgan fingerprint density at radius 2 is 2.00 bits per heavy atom. The number of hydrogen-bond donors (Lipinski definition) is 1. The summed E-state index contributed by atoms with van der Waals surface area (Å²) in [6, 6.07) is 0.0761. The molecule has 0 aromatic rings. The number of rotatable bonds is 8. The topological polar surface area (TPSA) is 49.4 Å². The molecule has 4 nitrogen and oxygen atoms in total. The Hall–Kier alpha value is -0.130. The van der Waals surface area contributed by atoms with Crippen molar-refractivity contribution in [2.75, 3.05) is 25.4 Å². The lowest BCUT2D eigenvalue weighted by atomic mass is 10.3. The average molecular weight is 248 g/mol. The minimum absolute atomic E-state index is 0.0761. The third kappa shape index (κ3) is 4.39. The van der Waals surface area contributed by atoms with Crippen LogP contribution < -0.4 is 5.32 Å². The van der Waals surface area contributed by atoms with Gasteiger partial charge in [0.2, 0.25) is 10.0 Å². The highest BCUT2D eigenvalue weighted by Gasteiger charge is 2.31. The lowest BCUT2D eigenvalue weighted by Gasteiger charge is -2.25. The first-order valence-corrected chi connectivity index (χ1v) is 7.78. The average Bonchev–Trinajstić information content (AvgIpc) is 2.97. The molecule has 1 aliphatic carbocycles. The molecule has 1 saturated carbocycles. The van der Waals surface area contributed by atoms with Crippen molar-refractivity contribution in [3.05, 3.63) is 0 Å². The van der Waals surface area contributed by atoms with Gasteiger partial charge in [-0.05, 0) is 39.2 Å². The van der Waals surface area contributed by atoms with Crippen molar-refractivity contribution in [2.45, 2.75) is 39.7 Å². The summed E-state index contributed by atoms with van der Waals surface area (Å²) in [4.78, 5) is 0. The van der Waals surface area contributed by atoms with Crippen LogP contribution in [0, 0.1) is 5.92 Å². The fourth-order valence-electron chi connectivity index (χ4n) is 1.70. The Morgan fingerprint density at radius 1 is 1.38 bits per heavy atom. The van der Waals surface area contributed by atoms with Gasteiger partial charge < -0.3 is 5.32 Å². The van der Waals surface area contributed by atoms with Crippen LogP contribution in [0.2, 0.25) is 0 Å². The first-order valence-electron chi connectivity index (χ1n) is 6.17. The second-order valence-corrected chi connectivity index (χ2v) is 6.82. The highest BCUT2D eigenvalue weighted by molar-refractivity contribution is 7.89. The summed E-state index contributed by atoms with van der Waals surface area (Å²) in [7, 11) is -3.08. The van der Waals surface area contributed by atoms with Gasteiger partial charge in [-0.2, -0.15) is 4.31 Å². The maximum atomic E-state index is 12.1. The zero-order valence-electron chi connectivity index (χ0n) is 10.6. The van der Waals surface area contributed by atoms with E-state index in [9.17, 15) is 8.42 Å². The zero-order valence-corrected chi connectivity index (χ0v) is 11.4. The van der Waals surface area contributed by atoms with Crippen LogP contribution in [0.3, 0.4) is 0 Å². The van der Waals surface area contributed by atoms with Crippen LogP contribution >= 0.6 is 0 Å². The van der Waals surface area contributed by atoms with E-state index in [0.29, 0.717) is 19.0 Å². The van der Waals surface area contributed by atoms with E-state index in [-0.39, 0.29) is 11.8 Å². The van der Waals surface area contributed by atoms with Crippen LogP contribution in [-0.4, -0.2) is 44.2 Å². The number of nitrogens with zero attached hydrogens (tertiary/aromatic N) is 1. The van der Waals surface area contributed by atoms with E-state index in [1.807, 2.05) is 20.8 Å². The molecule has 0 spiro atoms. The Labute approximate surface area is 99.5 Å². The first kappa shape index (κ1) is 13.9. The molecule has 0 amide bonds. The Kier molecular flexibility index (Phi) is 5.21. The third-order valence-corrected chi connectivity index (χ3v) is 4.86. The van der Waals surface area contributed by atoms with Crippen LogP contribution in [0.5, 0.6) is 0 Å². The van der Waals surface area contributed by atoms with Crippen LogP contribution in [0.1, 0.15) is 33.6 Å². The summed E-state index contributed by atoms with van der Waals surface area (Å²) in [6.07, 6.45) is 2.37. The van der Waals surface area contributed by atoms with E-state index >= 15 is 0 Å². The highest BCUT2D eigenvalue weighted by Crippen LogP contribution is 2.31. The maximum absolute atomic E-state index is 12.1. The second kappa shape index (κ2) is 5.98. The molecule has 0 aromatic carbocycles. The molecule has 0 aromatic heterocycles. The minimum atomic E-state index is -3.08. The van der Waals surface area contributed by atoms with E-state index in [2.05, 4.69) is 5.32 Å². The molecular weight excluding hydrogens is 224 g/mol. The lowest BCUT2D eigenvalue weighted by molar-refractivity contribution is 0.341. The normalized spacial score (nSPS) is 17.3. The molecule has 1 fully saturated rings. The zero-order chi connectivity index (χ0) is 12.2. The summed E-state index contributed by atoms with van der Waals surface area (Å²) < 4.78 is 25.9. The van der Waals surface area contributed by atoms with E-state index in [1.54, 1.807) is 4.31 Å². The van der Waals surface area contributed by atoms with E-state index < -0.39 is 10.0 Å². The molecule has 1 N–H and O–H groups in total. The second-order valence-electron chi connectivity index (χ2n) is 4.78. The Bertz CT molecular complexity index is 297. The number of nitrogens with one attached hydrogen (secondary N) is 1. The molecule has 0 aliphatic heterocycles. The summed E-state index contributed by atoms with van der Waals surface area (Å²) in [5, 5.41) is 3.06. The van der Waals surface area contributed by atoms with Gasteiger partial charge in [0.05, 0.1) is 5.75 Å². The van der Waals surface area contributed by atoms with Crippen LogP contribution in [0.25, 0.3) is 0 Å². The van der Waals surface area contributed by atoms with E-state index in [1.165, 1.54) is 12.8 Å². The lowest BCUT2D eigenvalue weighted by Crippen LogP contribution is -2.41. The molecule has 0 heterocycles. The molecule has 0 unspecified atom stereocenters. The smallest absolute Gasteiger partial charge is 0.215 e. The van der Waals surface area contributed by atoms with E-state index in [0.717, 1.165) is 6.54 Å². The minimum Gasteiger partial charge on any atom is -0.316 e. The van der Waals surface area contributed by atoms with Crippen molar-refractivity contribution in [1.29, 1.82) is 0 Å². The van der Waals surface area contributed by atoms with Crippen LogP contribution in [-0.2, 0) is 10.0 Å². The van der Waals surface area contributed by atoms with Gasteiger partial charge in [-0.1, -0.05) is 6.92 Å². The highest BCUT2D eigenvalue weighted by atomic mass is 32.2. The fraction of sp³-hybridized carbons (Fsp3) is 1.00. The van der Waals surface area contributed by atoms with Gasteiger partial charge in [0.15, 0.2) is 0 Å². The summed E-state index contributed by atoms with van der Waals surface area (Å²) in [6.45, 7) is 7.97. The molecular formula is C11H24N2O2S. The molecule has 0 saturated heterocycles. The van der Waals surface area contributed by atoms with Crippen molar-refractivity contribution in [1.82, 2.24) is 9.62 Å². The molecule has 16 heavy (non-hydrogen) atoms. The van der Waals surface area contributed by atoms with Gasteiger partial charge in [0.25, 0.3) is 0 Å². The first-order chi connectivity index (χ1) is 7.47. The van der Waals surface area contributed by atoms with Crippen molar-refractivity contribution in [3.8, 4) is 0 Å². The van der Waals surface area contributed by atoms with E-state index in [4.69, 9.17) is 0 Å². The quantitative estimate of drug-likeness (QED) is 0.653. The Balaban J connectivity index is 2.52. The standard InChI is InChI=1S/C11H24N2O2S/c1-4-12-7-8-16(14,15)13(10(2)3)9-11-5-6-11/h10-12H,4-9H2,1-3H3. The van der Waals surface area contributed by atoms with Crippen LogP contribution in [0.4, 0.5) is 0 Å². The van der Waals surface area contributed by atoms with Gasteiger partial charge >= 0.3 is 0 Å². The van der Waals surface area contributed by atoms with Gasteiger partial charge in [0.1, 0.15) is 0 Å². The number of hydrogen-bond acceptors (Lipinski definition) is 3.